The summed E-state index contributed by atoms with van der Waals surface area (Å²) in [5, 5.41) is 0. The molecule has 0 N–H and O–H groups in total. The largest absolute Gasteiger partial charge is 0.370 e. The molecule has 0 atom stereocenters. The summed E-state index contributed by atoms with van der Waals surface area (Å²) in [7, 11) is 0. The Morgan fingerprint density at radius 2 is 1.57 bits per heavy atom. The first-order valence-corrected chi connectivity index (χ1v) is 8.11. The van der Waals surface area contributed by atoms with Gasteiger partial charge in [0.15, 0.2) is 5.78 Å². The first kappa shape index (κ1) is 16.6. The fraction of sp³-hybridized carbons (Fsp3) is 0.875. The highest BCUT2D eigenvalue weighted by Gasteiger charge is 2.28. The van der Waals surface area contributed by atoms with Crippen LogP contribution in [0.3, 0.4) is 0 Å². The van der Waals surface area contributed by atoms with Crippen LogP contribution in [0.25, 0.3) is 0 Å². The Morgan fingerprint density at radius 3 is 2.10 bits per heavy atom. The third-order valence-electron chi connectivity index (χ3n) is 4.52. The molecule has 2 aliphatic heterocycles. The smallest absolute Gasteiger partial charge is 0.155 e. The first-order valence-electron chi connectivity index (χ1n) is 8.11. The van der Waals surface area contributed by atoms with Crippen molar-refractivity contribution in [1.29, 1.82) is 0 Å². The molecule has 2 heterocycles. The minimum absolute atomic E-state index is 0.107. The van der Waals surface area contributed by atoms with Crippen LogP contribution in [0.2, 0.25) is 0 Å². The second-order valence-electron chi connectivity index (χ2n) is 6.46. The van der Waals surface area contributed by atoms with Gasteiger partial charge in [-0.2, -0.15) is 0 Å². The molecular weight excluding hydrogens is 268 g/mol. The second kappa shape index (κ2) is 8.01. The minimum Gasteiger partial charge on any atom is -0.370 e. The fourth-order valence-electron chi connectivity index (χ4n) is 3.40. The molecule has 5 heteroatoms. The summed E-state index contributed by atoms with van der Waals surface area (Å²) >= 11 is 0. The third kappa shape index (κ3) is 5.49. The minimum atomic E-state index is 0.107. The quantitative estimate of drug-likeness (QED) is 0.735. The van der Waals surface area contributed by atoms with E-state index in [-0.39, 0.29) is 24.3 Å². The van der Waals surface area contributed by atoms with Gasteiger partial charge >= 0.3 is 0 Å². The maximum absolute atomic E-state index is 11.2. The molecular formula is C16H28N2O3. The number of Topliss-reactive ketones (excluding diaryl/α,β-unsaturated/α-hetero) is 2. The van der Waals surface area contributed by atoms with Crippen LogP contribution in [0.4, 0.5) is 0 Å². The molecule has 0 spiro atoms. The van der Waals surface area contributed by atoms with Gasteiger partial charge in [0.1, 0.15) is 12.4 Å². The summed E-state index contributed by atoms with van der Waals surface area (Å²) in [6, 6.07) is 0.655. The highest BCUT2D eigenvalue weighted by atomic mass is 16.5. The number of hydrogen-bond donors (Lipinski definition) is 0. The Balaban J connectivity index is 1.67. The van der Waals surface area contributed by atoms with Crippen molar-refractivity contribution in [3.63, 3.8) is 0 Å². The topological polar surface area (TPSA) is 49.9 Å². The van der Waals surface area contributed by atoms with E-state index >= 15 is 0 Å². The summed E-state index contributed by atoms with van der Waals surface area (Å²) < 4.78 is 5.62. The number of likely N-dealkylation sites (tertiary alicyclic amines) is 2. The van der Waals surface area contributed by atoms with E-state index in [1.54, 1.807) is 13.8 Å². The molecule has 2 saturated heterocycles. The highest BCUT2D eigenvalue weighted by molar-refractivity contribution is 5.77. The van der Waals surface area contributed by atoms with Gasteiger partial charge in [-0.3, -0.25) is 14.5 Å². The Hall–Kier alpha value is -0.780. The van der Waals surface area contributed by atoms with Crippen molar-refractivity contribution < 1.29 is 14.3 Å². The van der Waals surface area contributed by atoms with Gasteiger partial charge < -0.3 is 9.64 Å². The Bertz CT molecular complexity index is 357. The number of hydrogen-bond acceptors (Lipinski definition) is 5. The van der Waals surface area contributed by atoms with Gasteiger partial charge in [0.2, 0.25) is 0 Å². The Labute approximate surface area is 127 Å². The van der Waals surface area contributed by atoms with Crippen molar-refractivity contribution in [1.82, 2.24) is 9.80 Å². The molecule has 2 rings (SSSR count). The van der Waals surface area contributed by atoms with Crippen LogP contribution >= 0.6 is 0 Å². The third-order valence-corrected chi connectivity index (χ3v) is 4.52. The Kier molecular flexibility index (Phi) is 6.33. The first-order chi connectivity index (χ1) is 10.0. The second-order valence-corrected chi connectivity index (χ2v) is 6.46. The van der Waals surface area contributed by atoms with Crippen molar-refractivity contribution in [3.8, 4) is 0 Å². The number of carbonyl (C=O) groups is 2. The van der Waals surface area contributed by atoms with Crippen molar-refractivity contribution in [2.24, 2.45) is 0 Å². The highest BCUT2D eigenvalue weighted by Crippen LogP contribution is 2.22. The van der Waals surface area contributed by atoms with Crippen molar-refractivity contribution in [3.05, 3.63) is 0 Å². The van der Waals surface area contributed by atoms with Gasteiger partial charge in [-0.05, 0) is 39.5 Å². The summed E-state index contributed by atoms with van der Waals surface area (Å²) in [6.07, 6.45) is 4.63. The van der Waals surface area contributed by atoms with Crippen molar-refractivity contribution in [2.75, 3.05) is 39.3 Å². The number of nitrogens with zero attached hydrogens (tertiary/aromatic N) is 2. The molecule has 5 nitrogen and oxygen atoms in total. The van der Waals surface area contributed by atoms with E-state index in [4.69, 9.17) is 4.74 Å². The average Bonchev–Trinajstić information content (AvgIpc) is 2.46. The maximum atomic E-state index is 11.2. The molecule has 120 valence electrons. The van der Waals surface area contributed by atoms with Crippen LogP contribution in [0.15, 0.2) is 0 Å². The molecule has 0 aliphatic carbocycles. The average molecular weight is 296 g/mol. The zero-order chi connectivity index (χ0) is 15.2. The molecule has 0 saturated carbocycles. The molecule has 2 aliphatic rings. The number of carbonyl (C=O) groups excluding carboxylic acids is 2. The number of ether oxygens (including phenoxy) is 1. The molecule has 0 bridgehead atoms. The molecule has 2 fully saturated rings. The van der Waals surface area contributed by atoms with Crippen molar-refractivity contribution in [2.45, 2.75) is 51.7 Å². The zero-order valence-electron chi connectivity index (χ0n) is 13.3. The monoisotopic (exact) mass is 296 g/mol. The van der Waals surface area contributed by atoms with E-state index in [1.165, 1.54) is 0 Å². The number of ketones is 2. The van der Waals surface area contributed by atoms with E-state index in [2.05, 4.69) is 9.80 Å². The van der Waals surface area contributed by atoms with Gasteiger partial charge in [0.25, 0.3) is 0 Å². The van der Waals surface area contributed by atoms with Gasteiger partial charge in [-0.15, -0.1) is 0 Å². The van der Waals surface area contributed by atoms with E-state index in [1.807, 2.05) is 0 Å². The molecule has 0 aromatic heterocycles. The summed E-state index contributed by atoms with van der Waals surface area (Å²) in [6.45, 7) is 8.31. The van der Waals surface area contributed by atoms with E-state index in [0.29, 0.717) is 12.6 Å². The summed E-state index contributed by atoms with van der Waals surface area (Å²) in [5.74, 6) is 0.368. The predicted octanol–water partition coefficient (Wildman–Crippen LogP) is 1.11. The lowest BCUT2D eigenvalue weighted by molar-refractivity contribution is -0.124. The van der Waals surface area contributed by atoms with Gasteiger partial charge in [-0.25, -0.2) is 0 Å². The molecule has 0 unspecified atom stereocenters. The standard InChI is InChI=1S/C16H28N2O3/c1-13(19)11-17-7-3-15(4-8-17)18-9-5-16(6-10-18)21-12-14(2)20/h15-16H,3-12H2,1-2H3. The van der Waals surface area contributed by atoms with Crippen LogP contribution in [0.1, 0.15) is 39.5 Å². The molecule has 21 heavy (non-hydrogen) atoms. The maximum Gasteiger partial charge on any atom is 0.155 e. The lowest BCUT2D eigenvalue weighted by atomic mass is 9.98. The van der Waals surface area contributed by atoms with Crippen LogP contribution in [-0.2, 0) is 14.3 Å². The van der Waals surface area contributed by atoms with Crippen molar-refractivity contribution >= 4 is 11.6 Å². The van der Waals surface area contributed by atoms with E-state index in [0.717, 1.165) is 51.9 Å². The molecule has 0 aromatic rings. The summed E-state index contributed by atoms with van der Waals surface area (Å²) in [4.78, 5) is 26.9. The Morgan fingerprint density at radius 1 is 0.952 bits per heavy atom. The number of piperidine rings is 2. The lowest BCUT2D eigenvalue weighted by Gasteiger charge is -2.41. The predicted molar refractivity (Wildman–Crippen MR) is 81.4 cm³/mol. The van der Waals surface area contributed by atoms with E-state index in [9.17, 15) is 9.59 Å². The molecule has 0 aromatic carbocycles. The zero-order valence-corrected chi connectivity index (χ0v) is 13.3. The van der Waals surface area contributed by atoms with Crippen LogP contribution in [0, 0.1) is 0 Å². The van der Waals surface area contributed by atoms with Crippen LogP contribution in [-0.4, -0.2) is 72.8 Å². The normalized spacial score (nSPS) is 23.3. The van der Waals surface area contributed by atoms with E-state index < -0.39 is 0 Å². The van der Waals surface area contributed by atoms with Crippen LogP contribution in [0.5, 0.6) is 0 Å². The van der Waals surface area contributed by atoms with Gasteiger partial charge in [0, 0.05) is 32.2 Å². The molecule has 0 amide bonds. The van der Waals surface area contributed by atoms with Gasteiger partial charge in [0.05, 0.1) is 12.6 Å². The number of rotatable bonds is 6. The fourth-order valence-corrected chi connectivity index (χ4v) is 3.40. The summed E-state index contributed by atoms with van der Waals surface area (Å²) in [5.41, 5.74) is 0. The lowest BCUT2D eigenvalue weighted by Crippen LogP contribution is -2.49. The van der Waals surface area contributed by atoms with Crippen LogP contribution < -0.4 is 0 Å². The SMILES string of the molecule is CC(=O)COC1CCN(C2CCN(CC(C)=O)CC2)CC1. The molecule has 0 radical (unpaired) electrons. The van der Waals surface area contributed by atoms with Gasteiger partial charge in [-0.1, -0.05) is 0 Å².